The number of hydrogen-bond donors (Lipinski definition) is 4. The van der Waals surface area contributed by atoms with Crippen LogP contribution in [0.15, 0.2) is 160 Å². The zero-order valence-corrected chi connectivity index (χ0v) is 47.8. The molecule has 10 rings (SSSR count). The number of aliphatic hydroxyl groups is 2. The maximum absolute atomic E-state index is 15.9. The maximum atomic E-state index is 15.9. The summed E-state index contributed by atoms with van der Waals surface area (Å²) in [6, 6.07) is 38.2. The third-order valence-corrected chi connectivity index (χ3v) is 17.4. The molecule has 4 N–H and O–H groups in total. The second kappa shape index (κ2) is 24.0. The molecule has 3 aliphatic carbocycles. The first-order valence-corrected chi connectivity index (χ1v) is 28.1. The van der Waals surface area contributed by atoms with Crippen molar-refractivity contribution in [1.29, 1.82) is 0 Å². The van der Waals surface area contributed by atoms with Crippen LogP contribution in [0.5, 0.6) is 11.5 Å². The molecule has 2 heterocycles. The molecule has 19 nitrogen and oxygen atoms in total. The summed E-state index contributed by atoms with van der Waals surface area (Å²) in [6.45, 7) is 8.45. The molecule has 1 saturated heterocycles. The van der Waals surface area contributed by atoms with E-state index >= 15 is 9.59 Å². The van der Waals surface area contributed by atoms with E-state index in [1.54, 1.807) is 106 Å². The number of carbonyl (C=O) groups excluding carboxylic acids is 6. The van der Waals surface area contributed by atoms with Crippen molar-refractivity contribution in [3.05, 3.63) is 178 Å². The van der Waals surface area contributed by atoms with Gasteiger partial charge in [-0.1, -0.05) is 135 Å². The summed E-state index contributed by atoms with van der Waals surface area (Å²) < 4.78 is 49.4. The minimum atomic E-state index is -2.25. The fourth-order valence-electron chi connectivity index (χ4n) is 13.0. The van der Waals surface area contributed by atoms with Crippen molar-refractivity contribution in [3.63, 3.8) is 0 Å². The third-order valence-electron chi connectivity index (χ3n) is 17.4. The predicted octanol–water partition coefficient (Wildman–Crippen LogP) is 7.87. The molecule has 11 atom stereocenters. The number of Topliss-reactive ketones (excluding diaryl/α,β-unsaturated/α-hetero) is 1. The van der Waals surface area contributed by atoms with E-state index in [-0.39, 0.29) is 59.8 Å². The minimum absolute atomic E-state index is 0.0134. The fraction of sp³-hybridized carbons (Fsp3) is 0.379. The lowest BCUT2D eigenvalue weighted by molar-refractivity contribution is -0.351. The first-order valence-electron chi connectivity index (χ1n) is 28.1. The molecule has 1 aromatic heterocycles. The van der Waals surface area contributed by atoms with Gasteiger partial charge in [-0.05, 0) is 53.8 Å². The molecule has 5 aromatic carbocycles. The maximum Gasteiger partial charge on any atom is 0.350 e. The van der Waals surface area contributed by atoms with E-state index in [1.165, 1.54) is 32.0 Å². The average Bonchev–Trinajstić information content (AvgIpc) is 0.714. The summed E-state index contributed by atoms with van der Waals surface area (Å²) in [4.78, 5) is 99.0. The number of rotatable bonds is 18. The fourth-order valence-corrected chi connectivity index (χ4v) is 13.0. The molecular formula is C66H67NO18. The number of carbonyl (C=O) groups is 6. The van der Waals surface area contributed by atoms with Gasteiger partial charge in [0.2, 0.25) is 17.3 Å². The number of hydrogen-bond acceptors (Lipinski definition) is 19. The van der Waals surface area contributed by atoms with Crippen molar-refractivity contribution in [2.45, 2.75) is 134 Å². The second-order valence-electron chi connectivity index (χ2n) is 23.0. The molecule has 0 spiro atoms. The van der Waals surface area contributed by atoms with E-state index in [0.29, 0.717) is 16.7 Å². The highest BCUT2D eigenvalue weighted by Crippen LogP contribution is 2.64. The van der Waals surface area contributed by atoms with Gasteiger partial charge < -0.3 is 58.2 Å². The van der Waals surface area contributed by atoms with Crippen LogP contribution in [0.4, 0.5) is 0 Å². The first kappa shape index (κ1) is 59.8. The van der Waals surface area contributed by atoms with Crippen LogP contribution >= 0.6 is 0 Å². The molecule has 2 saturated carbocycles. The summed E-state index contributed by atoms with van der Waals surface area (Å²) in [5.41, 5.74) is -5.52. The predicted molar refractivity (Wildman–Crippen MR) is 305 cm³/mol. The summed E-state index contributed by atoms with van der Waals surface area (Å²) in [5.74, 6) is -7.54. The van der Waals surface area contributed by atoms with Gasteiger partial charge in [-0.2, -0.15) is 0 Å². The van der Waals surface area contributed by atoms with Crippen LogP contribution in [0.25, 0.3) is 22.3 Å². The van der Waals surface area contributed by atoms with Crippen molar-refractivity contribution in [3.8, 4) is 22.8 Å². The zero-order chi connectivity index (χ0) is 60.6. The van der Waals surface area contributed by atoms with Gasteiger partial charge in [0.15, 0.2) is 23.2 Å². The van der Waals surface area contributed by atoms with Gasteiger partial charge >= 0.3 is 29.8 Å². The number of esters is 5. The molecule has 3 fully saturated rings. The highest BCUT2D eigenvalue weighted by molar-refractivity contribution is 5.95. The Morgan fingerprint density at radius 1 is 0.776 bits per heavy atom. The van der Waals surface area contributed by atoms with E-state index in [0.717, 1.165) is 12.5 Å². The van der Waals surface area contributed by atoms with Crippen molar-refractivity contribution < 1.29 is 81.7 Å². The van der Waals surface area contributed by atoms with Gasteiger partial charge in [-0.15, -0.1) is 0 Å². The molecule has 444 valence electrons. The Hall–Kier alpha value is -8.33. The quantitative estimate of drug-likeness (QED) is 0.0276. The highest BCUT2D eigenvalue weighted by Gasteiger charge is 2.78. The normalized spacial score (nSPS) is 26.4. The summed E-state index contributed by atoms with van der Waals surface area (Å²) >= 11 is 0. The van der Waals surface area contributed by atoms with Crippen LogP contribution in [0.2, 0.25) is 0 Å². The highest BCUT2D eigenvalue weighted by atomic mass is 16.6. The molecule has 85 heavy (non-hydrogen) atoms. The Morgan fingerprint density at radius 3 is 2.02 bits per heavy atom. The molecule has 0 unspecified atom stereocenters. The molecular weight excluding hydrogens is 1090 g/mol. The Morgan fingerprint density at radius 2 is 1.40 bits per heavy atom. The van der Waals surface area contributed by atoms with Gasteiger partial charge in [0.25, 0.3) is 0 Å². The van der Waals surface area contributed by atoms with E-state index in [9.17, 15) is 39.3 Å². The Labute approximate surface area is 489 Å². The van der Waals surface area contributed by atoms with E-state index in [2.05, 4.69) is 5.32 Å². The number of fused-ring (bicyclic) bond motifs is 6. The topological polar surface area (TPSA) is 270 Å². The second-order valence-corrected chi connectivity index (χ2v) is 23.0. The molecule has 2 bridgehead atoms. The van der Waals surface area contributed by atoms with Crippen molar-refractivity contribution >= 4 is 46.6 Å². The van der Waals surface area contributed by atoms with Gasteiger partial charge in [0, 0.05) is 56.2 Å². The first-order chi connectivity index (χ1) is 40.6. The van der Waals surface area contributed by atoms with Gasteiger partial charge in [0.1, 0.15) is 29.1 Å². The monoisotopic (exact) mass is 1160 g/mol. The largest absolute Gasteiger partial charge is 0.502 e. The standard InChI is InChI=1S/C66H67NO18/c1-37-47(33-66(77)61(78-35-41-21-13-8-14-22-41)59-64(6,48(70)32-49-65(59,36-79-49)85-39(3)69)60(75)57(80-38(2)68)52(37)63(66,4)5)83-62(76)58(53(42-23-15-9-16-24-42)67-34-40-19-11-7-12-20-40)84-51(72)30-29-50(71)81-44-27-28-45-46(31-44)82-56(55(74)54(45)73)43-25-17-10-18-26-43/h7-28,31,47-49,53,57-59,61,67,70,74,77H,29-30,32-36H2,1-6H3/t47-,48-,49+,53-,57+,58+,59-,61-,64+,65-,66+/m0/s1. The minimum Gasteiger partial charge on any atom is -0.502 e. The van der Waals surface area contributed by atoms with Crippen molar-refractivity contribution in [2.75, 3.05) is 6.61 Å². The number of ether oxygens (including phenoxy) is 7. The van der Waals surface area contributed by atoms with E-state index in [4.69, 9.17) is 37.6 Å². The molecule has 6 aromatic rings. The van der Waals surface area contributed by atoms with Crippen LogP contribution in [0.3, 0.4) is 0 Å². The van der Waals surface area contributed by atoms with Gasteiger partial charge in [-0.3, -0.25) is 28.8 Å². The lowest BCUT2D eigenvalue weighted by atomic mass is 9.44. The SMILES string of the molecule is CC(=O)O[C@H]1C(=O)[C@@]2(C)[C@H]([C@H](OCc3ccccc3)[C@]3(O)C[C@H](OC(=O)[C@H](OC(=O)CCC(=O)Oc4ccc5c(=O)c(O)c(-c6ccccc6)oc5c4)[C@@H](NCc4ccccc4)c4ccccc4)C(C)=C1C3(C)C)[C@]1(OC(C)=O)CO[C@@H]1C[C@@H]2O. The molecule has 4 aliphatic rings. The third kappa shape index (κ3) is 11.3. The Kier molecular flexibility index (Phi) is 16.9. The van der Waals surface area contributed by atoms with Gasteiger partial charge in [0.05, 0.1) is 55.1 Å². The van der Waals surface area contributed by atoms with Crippen molar-refractivity contribution in [2.24, 2.45) is 16.7 Å². The number of aromatic hydroxyl groups is 1. The van der Waals surface area contributed by atoms with Crippen LogP contribution in [0, 0.1) is 16.7 Å². The van der Waals surface area contributed by atoms with E-state index in [1.807, 2.05) is 36.4 Å². The lowest BCUT2D eigenvalue weighted by Gasteiger charge is -2.67. The summed E-state index contributed by atoms with van der Waals surface area (Å²) in [6.07, 6.45) is -10.9. The number of benzene rings is 5. The molecule has 0 radical (unpaired) electrons. The molecule has 1 aliphatic heterocycles. The Bertz CT molecular complexity index is 3610. The summed E-state index contributed by atoms with van der Waals surface area (Å²) in [5, 5.41) is 40.6. The van der Waals surface area contributed by atoms with E-state index < -0.39 is 137 Å². The summed E-state index contributed by atoms with van der Waals surface area (Å²) in [7, 11) is 0. The van der Waals surface area contributed by atoms with Crippen LogP contribution in [-0.2, 0) is 70.3 Å². The molecule has 0 amide bonds. The zero-order valence-electron chi connectivity index (χ0n) is 47.8. The molecule has 19 heteroatoms. The van der Waals surface area contributed by atoms with Crippen LogP contribution < -0.4 is 15.5 Å². The van der Waals surface area contributed by atoms with Crippen LogP contribution in [0.1, 0.15) is 90.0 Å². The van der Waals surface area contributed by atoms with Gasteiger partial charge in [-0.25, -0.2) is 4.79 Å². The smallest absolute Gasteiger partial charge is 0.350 e. The number of ketones is 1. The average molecular weight is 1160 g/mol. The number of nitrogens with one attached hydrogen (secondary N) is 1. The van der Waals surface area contributed by atoms with Crippen LogP contribution in [-0.4, -0.2) is 105 Å². The number of aliphatic hydroxyl groups excluding tert-OH is 1. The Balaban J connectivity index is 1.01. The van der Waals surface area contributed by atoms with Crippen molar-refractivity contribution in [1.82, 2.24) is 5.32 Å². The lowest BCUT2D eigenvalue weighted by Crippen LogP contribution is -2.81.